The van der Waals surface area contributed by atoms with Crippen molar-refractivity contribution in [3.05, 3.63) is 0 Å². The van der Waals surface area contributed by atoms with Crippen LogP contribution in [0.25, 0.3) is 0 Å². The van der Waals surface area contributed by atoms with Crippen LogP contribution in [0.3, 0.4) is 0 Å². The van der Waals surface area contributed by atoms with Crippen LogP contribution < -0.4 is 5.32 Å². The lowest BCUT2D eigenvalue weighted by atomic mass is 9.77. The minimum atomic E-state index is -5.08. The summed E-state index contributed by atoms with van der Waals surface area (Å²) in [6.07, 6.45) is 2.37. The van der Waals surface area contributed by atoms with Gasteiger partial charge in [-0.3, -0.25) is 0 Å². The molecule has 0 aromatic heterocycles. The van der Waals surface area contributed by atoms with Crippen molar-refractivity contribution in [1.29, 1.82) is 0 Å². The normalized spacial score (nSPS) is 27.5. The van der Waals surface area contributed by atoms with Gasteiger partial charge in [0.25, 0.3) is 0 Å². The third kappa shape index (κ3) is 6.05. The molecule has 0 aromatic carbocycles. The average molecular weight is 443 g/mol. The first kappa shape index (κ1) is 22.8. The Morgan fingerprint density at radius 1 is 1.14 bits per heavy atom. The van der Waals surface area contributed by atoms with Crippen LogP contribution in [0.15, 0.2) is 0 Å². The van der Waals surface area contributed by atoms with Gasteiger partial charge in [-0.25, -0.2) is 13.2 Å². The van der Waals surface area contributed by atoms with Crippen LogP contribution >= 0.6 is 0 Å². The molecular formula is C18H29F3N2O5S. The Labute approximate surface area is 169 Å². The molecule has 29 heavy (non-hydrogen) atoms. The fraction of sp³-hybridized carbons (Fsp3) is 0.944. The van der Waals surface area contributed by atoms with Crippen LogP contribution in [0.4, 0.5) is 13.2 Å². The highest BCUT2D eigenvalue weighted by Gasteiger charge is 2.52. The fourth-order valence-corrected chi connectivity index (χ4v) is 6.22. The first-order valence-corrected chi connectivity index (χ1v) is 11.6. The van der Waals surface area contributed by atoms with E-state index in [-0.39, 0.29) is 16.7 Å². The third-order valence-electron chi connectivity index (χ3n) is 6.11. The number of hydrogen-bond acceptors (Lipinski definition) is 5. The number of piperidine rings is 1. The third-order valence-corrected chi connectivity index (χ3v) is 8.50. The number of carboxylic acid groups (broad SMARTS) is 1. The van der Waals surface area contributed by atoms with Gasteiger partial charge in [0.15, 0.2) is 0 Å². The largest absolute Gasteiger partial charge is 0.490 e. The minimum absolute atomic E-state index is 0.0717. The van der Waals surface area contributed by atoms with E-state index in [4.69, 9.17) is 14.6 Å². The van der Waals surface area contributed by atoms with Crippen molar-refractivity contribution >= 4 is 16.0 Å². The van der Waals surface area contributed by atoms with Crippen molar-refractivity contribution in [2.75, 3.05) is 32.8 Å². The lowest BCUT2D eigenvalue weighted by Gasteiger charge is -2.33. The number of carboxylic acids is 1. The molecule has 0 bridgehead atoms. The summed E-state index contributed by atoms with van der Waals surface area (Å²) in [5, 5.41) is 10.4. The van der Waals surface area contributed by atoms with E-state index in [1.807, 2.05) is 4.31 Å². The molecule has 2 N–H and O–H groups in total. The summed E-state index contributed by atoms with van der Waals surface area (Å²) in [6, 6.07) is 0.0717. The van der Waals surface area contributed by atoms with Gasteiger partial charge in [0.1, 0.15) is 0 Å². The van der Waals surface area contributed by atoms with Crippen molar-refractivity contribution < 1.29 is 36.2 Å². The van der Waals surface area contributed by atoms with Crippen LogP contribution in [0.5, 0.6) is 0 Å². The van der Waals surface area contributed by atoms with E-state index >= 15 is 0 Å². The SMILES string of the molecule is O=C(O)C(F)(F)F.O=S(=O)(C1CC1)N1CC2(CCNCC2)CC1COCC1CC1. The monoisotopic (exact) mass is 442 g/mol. The summed E-state index contributed by atoms with van der Waals surface area (Å²) >= 11 is 0. The zero-order valence-corrected chi connectivity index (χ0v) is 17.1. The number of rotatable bonds is 6. The molecule has 4 rings (SSSR count). The summed E-state index contributed by atoms with van der Waals surface area (Å²) in [6.45, 7) is 4.19. The molecule has 2 saturated carbocycles. The molecule has 0 radical (unpaired) electrons. The van der Waals surface area contributed by atoms with Gasteiger partial charge in [-0.05, 0) is 69.4 Å². The smallest absolute Gasteiger partial charge is 0.475 e. The average Bonchev–Trinajstić information content (AvgIpc) is 3.53. The Balaban J connectivity index is 0.000000298. The van der Waals surface area contributed by atoms with Crippen molar-refractivity contribution in [2.45, 2.75) is 62.4 Å². The Bertz CT molecular complexity index is 686. The molecule has 1 unspecified atom stereocenters. The molecule has 11 heteroatoms. The number of sulfonamides is 1. The highest BCUT2D eigenvalue weighted by atomic mass is 32.2. The van der Waals surface area contributed by atoms with Gasteiger partial charge >= 0.3 is 12.1 Å². The lowest BCUT2D eigenvalue weighted by molar-refractivity contribution is -0.192. The molecule has 4 fully saturated rings. The summed E-state index contributed by atoms with van der Waals surface area (Å²) < 4.78 is 65.0. The predicted octanol–water partition coefficient (Wildman–Crippen LogP) is 1.98. The van der Waals surface area contributed by atoms with Crippen LogP contribution in [0.1, 0.15) is 44.9 Å². The molecule has 4 aliphatic rings. The van der Waals surface area contributed by atoms with E-state index in [1.165, 1.54) is 12.8 Å². The maximum atomic E-state index is 12.8. The molecule has 0 aromatic rings. The number of alkyl halides is 3. The molecule has 168 valence electrons. The first-order valence-electron chi connectivity index (χ1n) is 10.1. The first-order chi connectivity index (χ1) is 13.5. The number of halogens is 3. The number of hydrogen-bond donors (Lipinski definition) is 2. The summed E-state index contributed by atoms with van der Waals surface area (Å²) in [5.74, 6) is -2.02. The highest BCUT2D eigenvalue weighted by Crippen LogP contribution is 2.46. The zero-order valence-electron chi connectivity index (χ0n) is 16.3. The topological polar surface area (TPSA) is 95.9 Å². The van der Waals surface area contributed by atoms with Gasteiger partial charge in [0.05, 0.1) is 11.9 Å². The summed E-state index contributed by atoms with van der Waals surface area (Å²) in [5.41, 5.74) is 0.195. The quantitative estimate of drug-likeness (QED) is 0.653. The van der Waals surface area contributed by atoms with Crippen molar-refractivity contribution in [3.63, 3.8) is 0 Å². The van der Waals surface area contributed by atoms with Gasteiger partial charge in [0.2, 0.25) is 10.0 Å². The Morgan fingerprint density at radius 2 is 1.72 bits per heavy atom. The molecule has 1 spiro atoms. The maximum absolute atomic E-state index is 12.8. The van der Waals surface area contributed by atoms with E-state index in [0.717, 1.165) is 64.3 Å². The van der Waals surface area contributed by atoms with Gasteiger partial charge in [-0.15, -0.1) is 0 Å². The summed E-state index contributed by atoms with van der Waals surface area (Å²) in [7, 11) is -3.09. The molecule has 2 aliphatic heterocycles. The van der Waals surface area contributed by atoms with Gasteiger partial charge < -0.3 is 15.2 Å². The number of ether oxygens (including phenoxy) is 1. The second kappa shape index (κ2) is 8.68. The molecule has 2 aliphatic carbocycles. The Hall–Kier alpha value is -0.910. The predicted molar refractivity (Wildman–Crippen MR) is 98.8 cm³/mol. The number of nitrogens with one attached hydrogen (secondary N) is 1. The van der Waals surface area contributed by atoms with E-state index in [9.17, 15) is 21.6 Å². The maximum Gasteiger partial charge on any atom is 0.490 e. The standard InChI is InChI=1S/C16H28N2O3S.C2HF3O2/c19-22(20,15-3-4-15)18-12-16(5-7-17-8-6-16)9-14(18)11-21-10-13-1-2-13;3-2(4,5)1(6)7/h13-15,17H,1-12H2;(H,6,7). The Kier molecular flexibility index (Phi) is 6.82. The lowest BCUT2D eigenvalue weighted by Crippen LogP contribution is -2.42. The van der Waals surface area contributed by atoms with E-state index in [2.05, 4.69) is 5.32 Å². The highest BCUT2D eigenvalue weighted by molar-refractivity contribution is 7.90. The van der Waals surface area contributed by atoms with Crippen LogP contribution in [0.2, 0.25) is 0 Å². The number of carbonyl (C=O) groups is 1. The van der Waals surface area contributed by atoms with Gasteiger partial charge in [-0.2, -0.15) is 17.5 Å². The fourth-order valence-electron chi connectivity index (χ4n) is 4.10. The summed E-state index contributed by atoms with van der Waals surface area (Å²) in [4.78, 5) is 8.90. The number of aliphatic carboxylic acids is 1. The van der Waals surface area contributed by atoms with Crippen molar-refractivity contribution in [1.82, 2.24) is 9.62 Å². The molecular weight excluding hydrogens is 413 g/mol. The van der Waals surface area contributed by atoms with E-state index in [0.29, 0.717) is 6.61 Å². The van der Waals surface area contributed by atoms with Crippen LogP contribution in [0, 0.1) is 11.3 Å². The van der Waals surface area contributed by atoms with Gasteiger partial charge in [0, 0.05) is 19.2 Å². The molecule has 0 amide bonds. The van der Waals surface area contributed by atoms with Crippen molar-refractivity contribution in [2.24, 2.45) is 11.3 Å². The second-order valence-corrected chi connectivity index (χ2v) is 10.8. The molecule has 2 saturated heterocycles. The Morgan fingerprint density at radius 3 is 2.21 bits per heavy atom. The number of nitrogens with zero attached hydrogens (tertiary/aromatic N) is 1. The van der Waals surface area contributed by atoms with Gasteiger partial charge in [-0.1, -0.05) is 0 Å². The van der Waals surface area contributed by atoms with Crippen molar-refractivity contribution in [3.8, 4) is 0 Å². The molecule has 1 atom stereocenters. The van der Waals surface area contributed by atoms with Crippen LogP contribution in [-0.2, 0) is 19.6 Å². The van der Waals surface area contributed by atoms with E-state index < -0.39 is 22.2 Å². The molecule has 7 nitrogen and oxygen atoms in total. The van der Waals surface area contributed by atoms with Crippen LogP contribution in [-0.4, -0.2) is 74.1 Å². The zero-order chi connectivity index (χ0) is 21.3. The minimum Gasteiger partial charge on any atom is -0.475 e. The van der Waals surface area contributed by atoms with E-state index in [1.54, 1.807) is 0 Å². The second-order valence-electron chi connectivity index (χ2n) is 8.68. The molecule has 2 heterocycles.